The summed E-state index contributed by atoms with van der Waals surface area (Å²) in [6.45, 7) is 2.39. The van der Waals surface area contributed by atoms with Gasteiger partial charge in [-0.1, -0.05) is 24.3 Å². The Hall–Kier alpha value is -3.15. The van der Waals surface area contributed by atoms with Crippen molar-refractivity contribution < 1.29 is 14.4 Å². The standard InChI is InChI=1S/C21H23N3O3/c1-2-22-20(26)15-7-5-8-17(13-15)23-19(25)11-10-16-12-14-6-3-4-9-18(14)24-21(16)27/h3-9,13,16H,2,10-12H2,1H3,(H,22,26)(H,23,25)(H,24,27)/t16-/m0/s1. The van der Waals surface area contributed by atoms with Gasteiger partial charge in [0.1, 0.15) is 0 Å². The van der Waals surface area contributed by atoms with Crippen LogP contribution >= 0.6 is 0 Å². The molecule has 3 rings (SSSR count). The summed E-state index contributed by atoms with van der Waals surface area (Å²) in [5.41, 5.74) is 3.02. The molecule has 0 saturated heterocycles. The molecule has 2 aromatic rings. The van der Waals surface area contributed by atoms with Gasteiger partial charge in [0.05, 0.1) is 0 Å². The van der Waals surface area contributed by atoms with Gasteiger partial charge in [-0.15, -0.1) is 0 Å². The second-order valence-electron chi connectivity index (χ2n) is 6.57. The number of rotatable bonds is 6. The lowest BCUT2D eigenvalue weighted by Crippen LogP contribution is -2.30. The van der Waals surface area contributed by atoms with Crippen molar-refractivity contribution in [1.82, 2.24) is 5.32 Å². The molecule has 1 heterocycles. The number of carbonyl (C=O) groups excluding carboxylic acids is 3. The Morgan fingerprint density at radius 2 is 1.96 bits per heavy atom. The summed E-state index contributed by atoms with van der Waals surface area (Å²) in [7, 11) is 0. The van der Waals surface area contributed by atoms with E-state index in [1.54, 1.807) is 24.3 Å². The molecule has 3 N–H and O–H groups in total. The second-order valence-corrected chi connectivity index (χ2v) is 6.57. The highest BCUT2D eigenvalue weighted by molar-refractivity contribution is 5.98. The molecule has 0 aromatic heterocycles. The molecule has 27 heavy (non-hydrogen) atoms. The molecule has 0 fully saturated rings. The summed E-state index contributed by atoms with van der Waals surface area (Å²) in [5, 5.41) is 8.43. The fraction of sp³-hybridized carbons (Fsp3) is 0.286. The van der Waals surface area contributed by atoms with Crippen molar-refractivity contribution in [3.05, 3.63) is 59.7 Å². The third-order valence-corrected chi connectivity index (χ3v) is 4.58. The van der Waals surface area contributed by atoms with Gasteiger partial charge < -0.3 is 16.0 Å². The van der Waals surface area contributed by atoms with E-state index < -0.39 is 0 Å². The van der Waals surface area contributed by atoms with Gasteiger partial charge in [-0.2, -0.15) is 0 Å². The summed E-state index contributed by atoms with van der Waals surface area (Å²) >= 11 is 0. The van der Waals surface area contributed by atoms with Gasteiger partial charge in [-0.3, -0.25) is 14.4 Å². The molecule has 1 aliphatic heterocycles. The van der Waals surface area contributed by atoms with Gasteiger partial charge in [0, 0.05) is 35.8 Å². The van der Waals surface area contributed by atoms with Crippen molar-refractivity contribution in [3.63, 3.8) is 0 Å². The Labute approximate surface area is 158 Å². The molecular formula is C21H23N3O3. The molecular weight excluding hydrogens is 342 g/mol. The van der Waals surface area contributed by atoms with E-state index in [9.17, 15) is 14.4 Å². The first-order valence-electron chi connectivity index (χ1n) is 9.13. The SMILES string of the molecule is CCNC(=O)c1cccc(NC(=O)CC[C@H]2Cc3ccccc3NC2=O)c1. The third kappa shape index (κ3) is 4.73. The van der Waals surface area contributed by atoms with E-state index in [1.165, 1.54) is 0 Å². The van der Waals surface area contributed by atoms with Crippen LogP contribution in [-0.2, 0) is 16.0 Å². The summed E-state index contributed by atoms with van der Waals surface area (Å²) in [6.07, 6.45) is 1.36. The monoisotopic (exact) mass is 365 g/mol. The summed E-state index contributed by atoms with van der Waals surface area (Å²) < 4.78 is 0. The number of carbonyl (C=O) groups is 3. The Bertz CT molecular complexity index is 863. The first kappa shape index (κ1) is 18.6. The van der Waals surface area contributed by atoms with E-state index in [0.29, 0.717) is 30.6 Å². The molecule has 0 aliphatic carbocycles. The molecule has 1 atom stereocenters. The van der Waals surface area contributed by atoms with Crippen LogP contribution in [0.5, 0.6) is 0 Å². The maximum absolute atomic E-state index is 12.3. The van der Waals surface area contributed by atoms with Crippen LogP contribution in [0.25, 0.3) is 0 Å². The van der Waals surface area contributed by atoms with E-state index in [1.807, 2.05) is 31.2 Å². The lowest BCUT2D eigenvalue weighted by Gasteiger charge is -2.24. The highest BCUT2D eigenvalue weighted by Crippen LogP contribution is 2.27. The second kappa shape index (κ2) is 8.49. The van der Waals surface area contributed by atoms with Gasteiger partial charge in [0.25, 0.3) is 5.91 Å². The van der Waals surface area contributed by atoms with E-state index in [4.69, 9.17) is 0 Å². The zero-order valence-electron chi connectivity index (χ0n) is 15.2. The smallest absolute Gasteiger partial charge is 0.251 e. The lowest BCUT2D eigenvalue weighted by atomic mass is 9.89. The van der Waals surface area contributed by atoms with Crippen molar-refractivity contribution in [3.8, 4) is 0 Å². The Kier molecular flexibility index (Phi) is 5.86. The number of para-hydroxylation sites is 1. The molecule has 0 saturated carbocycles. The maximum Gasteiger partial charge on any atom is 0.251 e. The van der Waals surface area contributed by atoms with Crippen LogP contribution in [-0.4, -0.2) is 24.3 Å². The van der Waals surface area contributed by atoms with Gasteiger partial charge in [-0.05, 0) is 49.6 Å². The quantitative estimate of drug-likeness (QED) is 0.735. The molecule has 1 aliphatic rings. The molecule has 0 unspecified atom stereocenters. The van der Waals surface area contributed by atoms with Crippen LogP contribution < -0.4 is 16.0 Å². The van der Waals surface area contributed by atoms with Gasteiger partial charge in [0.2, 0.25) is 11.8 Å². The molecule has 6 nitrogen and oxygen atoms in total. The number of fused-ring (bicyclic) bond motifs is 1. The molecule has 0 spiro atoms. The van der Waals surface area contributed by atoms with Crippen LogP contribution in [0, 0.1) is 5.92 Å². The topological polar surface area (TPSA) is 87.3 Å². The van der Waals surface area contributed by atoms with Crippen LogP contribution in [0.1, 0.15) is 35.7 Å². The molecule has 0 bridgehead atoms. The minimum Gasteiger partial charge on any atom is -0.352 e. The highest BCUT2D eigenvalue weighted by Gasteiger charge is 2.26. The van der Waals surface area contributed by atoms with Crippen LogP contribution in [0.3, 0.4) is 0 Å². The van der Waals surface area contributed by atoms with E-state index in [-0.39, 0.29) is 30.1 Å². The van der Waals surface area contributed by atoms with E-state index in [2.05, 4.69) is 16.0 Å². The average molecular weight is 365 g/mol. The van der Waals surface area contributed by atoms with Crippen molar-refractivity contribution in [2.24, 2.45) is 5.92 Å². The largest absolute Gasteiger partial charge is 0.352 e. The molecule has 2 aromatic carbocycles. The first-order valence-corrected chi connectivity index (χ1v) is 9.13. The van der Waals surface area contributed by atoms with Crippen LogP contribution in [0.4, 0.5) is 11.4 Å². The average Bonchev–Trinajstić information content (AvgIpc) is 2.66. The number of hydrogen-bond acceptors (Lipinski definition) is 3. The number of nitrogens with one attached hydrogen (secondary N) is 3. The normalized spacial score (nSPS) is 15.4. The number of hydrogen-bond donors (Lipinski definition) is 3. The maximum atomic E-state index is 12.3. The minimum absolute atomic E-state index is 0.0419. The summed E-state index contributed by atoms with van der Waals surface area (Å²) in [4.78, 5) is 36.4. The van der Waals surface area contributed by atoms with Crippen molar-refractivity contribution in [1.29, 1.82) is 0 Å². The zero-order chi connectivity index (χ0) is 19.2. The van der Waals surface area contributed by atoms with Crippen LogP contribution in [0.2, 0.25) is 0 Å². The van der Waals surface area contributed by atoms with Gasteiger partial charge >= 0.3 is 0 Å². The molecule has 3 amide bonds. The Morgan fingerprint density at radius 1 is 1.15 bits per heavy atom. The van der Waals surface area contributed by atoms with Crippen molar-refractivity contribution in [2.75, 3.05) is 17.2 Å². The summed E-state index contributed by atoms with van der Waals surface area (Å²) in [5.74, 6) is -0.604. The molecule has 6 heteroatoms. The Balaban J connectivity index is 1.55. The third-order valence-electron chi connectivity index (χ3n) is 4.58. The number of benzene rings is 2. The highest BCUT2D eigenvalue weighted by atomic mass is 16.2. The van der Waals surface area contributed by atoms with Crippen LogP contribution in [0.15, 0.2) is 48.5 Å². The summed E-state index contributed by atoms with van der Waals surface area (Å²) in [6, 6.07) is 14.5. The van der Waals surface area contributed by atoms with Crippen molar-refractivity contribution >= 4 is 29.1 Å². The lowest BCUT2D eigenvalue weighted by molar-refractivity contribution is -0.121. The molecule has 140 valence electrons. The predicted molar refractivity (Wildman–Crippen MR) is 105 cm³/mol. The fourth-order valence-electron chi connectivity index (χ4n) is 3.18. The molecule has 0 radical (unpaired) electrons. The van der Waals surface area contributed by atoms with E-state index >= 15 is 0 Å². The predicted octanol–water partition coefficient (Wildman–Crippen LogP) is 2.97. The van der Waals surface area contributed by atoms with Gasteiger partial charge in [0.15, 0.2) is 0 Å². The van der Waals surface area contributed by atoms with Crippen molar-refractivity contribution in [2.45, 2.75) is 26.2 Å². The zero-order valence-corrected chi connectivity index (χ0v) is 15.2. The van der Waals surface area contributed by atoms with Gasteiger partial charge in [-0.25, -0.2) is 0 Å². The number of amides is 3. The number of anilines is 2. The fourth-order valence-corrected chi connectivity index (χ4v) is 3.18. The Morgan fingerprint density at radius 3 is 2.78 bits per heavy atom. The first-order chi connectivity index (χ1) is 13.1. The van der Waals surface area contributed by atoms with E-state index in [0.717, 1.165) is 11.3 Å². The minimum atomic E-state index is -0.215.